The third-order valence-electron chi connectivity index (χ3n) is 7.80. The number of rotatable bonds is 10. The van der Waals surface area contributed by atoms with Crippen molar-refractivity contribution in [1.82, 2.24) is 20.3 Å². The lowest BCUT2D eigenvalue weighted by Gasteiger charge is -2.36. The molecule has 43 heavy (non-hydrogen) atoms. The van der Waals surface area contributed by atoms with Gasteiger partial charge in [0, 0.05) is 6.54 Å². The van der Waals surface area contributed by atoms with Crippen LogP contribution in [0.2, 0.25) is 0 Å². The monoisotopic (exact) mass is 640 g/mol. The van der Waals surface area contributed by atoms with E-state index in [1.807, 2.05) is 0 Å². The Kier molecular flexibility index (Phi) is 9.50. The third-order valence-corrected chi connectivity index (χ3v) is 8.80. The van der Waals surface area contributed by atoms with Gasteiger partial charge in [0.1, 0.15) is 23.2 Å². The number of ether oxygens (including phenoxy) is 1. The number of nitrogens with zero attached hydrogens (tertiary/aromatic N) is 1. The smallest absolute Gasteiger partial charge is 0.408 e. The Labute approximate surface area is 250 Å². The van der Waals surface area contributed by atoms with E-state index in [2.05, 4.69) is 10.6 Å². The molecule has 2 unspecified atom stereocenters. The van der Waals surface area contributed by atoms with Crippen LogP contribution in [0.5, 0.6) is 0 Å². The van der Waals surface area contributed by atoms with Gasteiger partial charge >= 0.3 is 22.6 Å². The highest BCUT2D eigenvalue weighted by molar-refractivity contribution is 7.85. The number of hydrogen-bond acceptors (Lipinski definition) is 8. The standard InChI is InChI=1S/C27H43F3N4O8S/c1-8-16-14-26(16,21(37)33-43(39,40)42-25(11-12-25)15-27(28,29)30)32-19(35)17-10-9-13-34(17)20(36)18(23(2,3)4)31-22(38)41-24(5,6)7/h16-18H,8-15H2,1-7H3,(H,31,38)(H,32,35)(H,33,37)/t16?,17?,18-,26-/m1/s1. The van der Waals surface area contributed by atoms with Gasteiger partial charge in [0.2, 0.25) is 11.8 Å². The van der Waals surface area contributed by atoms with Crippen LogP contribution in [0.15, 0.2) is 0 Å². The van der Waals surface area contributed by atoms with Crippen molar-refractivity contribution >= 4 is 34.1 Å². The first kappa shape index (κ1) is 34.9. The highest BCUT2D eigenvalue weighted by Crippen LogP contribution is 2.49. The van der Waals surface area contributed by atoms with Crippen molar-refractivity contribution in [2.75, 3.05) is 6.54 Å². The number of nitrogens with one attached hydrogen (secondary N) is 3. The lowest BCUT2D eigenvalue weighted by Crippen LogP contribution is -2.60. The third kappa shape index (κ3) is 8.96. The van der Waals surface area contributed by atoms with Gasteiger partial charge in [0.05, 0.1) is 12.0 Å². The molecule has 0 aromatic carbocycles. The predicted molar refractivity (Wildman–Crippen MR) is 147 cm³/mol. The molecule has 0 bridgehead atoms. The molecular formula is C27H43F3N4O8S. The summed E-state index contributed by atoms with van der Waals surface area (Å²) in [4.78, 5) is 54.3. The average molecular weight is 641 g/mol. The normalized spacial score (nSPS) is 25.9. The van der Waals surface area contributed by atoms with E-state index in [1.54, 1.807) is 53.2 Å². The highest BCUT2D eigenvalue weighted by atomic mass is 32.2. The summed E-state index contributed by atoms with van der Waals surface area (Å²) < 4.78 is 75.5. The number of carbonyl (C=O) groups excluding carboxylic acids is 4. The fourth-order valence-corrected chi connectivity index (χ4v) is 6.55. The van der Waals surface area contributed by atoms with E-state index >= 15 is 0 Å². The fourth-order valence-electron chi connectivity index (χ4n) is 5.41. The molecule has 1 aliphatic heterocycles. The van der Waals surface area contributed by atoms with Gasteiger partial charge in [-0.25, -0.2) is 13.7 Å². The lowest BCUT2D eigenvalue weighted by atomic mass is 9.85. The average Bonchev–Trinajstić information content (AvgIpc) is 3.65. The van der Waals surface area contributed by atoms with Crippen molar-refractivity contribution in [3.8, 4) is 0 Å². The summed E-state index contributed by atoms with van der Waals surface area (Å²) >= 11 is 0. The Morgan fingerprint density at radius 2 is 1.65 bits per heavy atom. The number of halogens is 3. The number of hydrogen-bond donors (Lipinski definition) is 3. The van der Waals surface area contributed by atoms with E-state index in [9.17, 15) is 40.8 Å². The number of carbonyl (C=O) groups is 4. The molecule has 3 rings (SSSR count). The van der Waals surface area contributed by atoms with Crippen LogP contribution in [0.25, 0.3) is 0 Å². The molecule has 0 aromatic heterocycles. The molecular weight excluding hydrogens is 597 g/mol. The van der Waals surface area contributed by atoms with E-state index in [0.717, 1.165) is 0 Å². The van der Waals surface area contributed by atoms with Crippen molar-refractivity contribution < 1.29 is 49.7 Å². The molecule has 2 saturated carbocycles. The van der Waals surface area contributed by atoms with Crippen LogP contribution >= 0.6 is 0 Å². The molecule has 2 aliphatic carbocycles. The Morgan fingerprint density at radius 1 is 1.05 bits per heavy atom. The minimum Gasteiger partial charge on any atom is -0.444 e. The quantitative estimate of drug-likeness (QED) is 0.329. The van der Waals surface area contributed by atoms with Crippen LogP contribution in [0.1, 0.15) is 93.4 Å². The Hall–Kier alpha value is -2.62. The molecule has 0 spiro atoms. The zero-order valence-electron chi connectivity index (χ0n) is 25.6. The second-order valence-corrected chi connectivity index (χ2v) is 15.1. The van der Waals surface area contributed by atoms with Crippen LogP contribution in [-0.2, 0) is 33.6 Å². The summed E-state index contributed by atoms with van der Waals surface area (Å²) in [5, 5.41) is 5.24. The number of alkyl carbamates (subject to hydrolysis) is 1. The summed E-state index contributed by atoms with van der Waals surface area (Å²) in [5.74, 6) is -2.77. The van der Waals surface area contributed by atoms with Crippen LogP contribution < -0.4 is 15.4 Å². The molecule has 0 aromatic rings. The van der Waals surface area contributed by atoms with Gasteiger partial charge in [-0.3, -0.25) is 14.4 Å². The molecule has 3 N–H and O–H groups in total. The van der Waals surface area contributed by atoms with Crippen molar-refractivity contribution in [2.24, 2.45) is 11.3 Å². The number of alkyl halides is 3. The molecule has 4 amide bonds. The van der Waals surface area contributed by atoms with Crippen LogP contribution in [0.3, 0.4) is 0 Å². The van der Waals surface area contributed by atoms with E-state index < -0.39 is 86.9 Å². The van der Waals surface area contributed by atoms with Gasteiger partial charge in [-0.1, -0.05) is 34.1 Å². The Morgan fingerprint density at radius 3 is 2.12 bits per heavy atom. The molecule has 246 valence electrons. The van der Waals surface area contributed by atoms with E-state index in [0.29, 0.717) is 12.8 Å². The summed E-state index contributed by atoms with van der Waals surface area (Å²) in [6.07, 6.45) is -5.99. The van der Waals surface area contributed by atoms with Crippen LogP contribution in [0.4, 0.5) is 18.0 Å². The molecule has 12 nitrogen and oxygen atoms in total. The minimum atomic E-state index is -4.92. The molecule has 1 heterocycles. The molecule has 4 atom stereocenters. The molecule has 3 aliphatic rings. The van der Waals surface area contributed by atoms with Crippen LogP contribution in [0, 0.1) is 11.3 Å². The zero-order chi connectivity index (χ0) is 32.8. The molecule has 3 fully saturated rings. The number of amides is 4. The fraction of sp³-hybridized carbons (Fsp3) is 0.852. The Balaban J connectivity index is 1.73. The molecule has 1 saturated heterocycles. The van der Waals surface area contributed by atoms with Crippen molar-refractivity contribution in [3.05, 3.63) is 0 Å². The summed E-state index contributed by atoms with van der Waals surface area (Å²) in [6.45, 7) is 12.2. The maximum absolute atomic E-state index is 13.7. The van der Waals surface area contributed by atoms with Gasteiger partial charge in [0.15, 0.2) is 0 Å². The highest BCUT2D eigenvalue weighted by Gasteiger charge is 2.62. The maximum Gasteiger partial charge on any atom is 0.408 e. The van der Waals surface area contributed by atoms with Crippen LogP contribution in [-0.4, -0.2) is 78.7 Å². The van der Waals surface area contributed by atoms with Crippen molar-refractivity contribution in [3.63, 3.8) is 0 Å². The lowest BCUT2D eigenvalue weighted by molar-refractivity contribution is -0.154. The first-order chi connectivity index (χ1) is 19.4. The second kappa shape index (κ2) is 11.7. The largest absolute Gasteiger partial charge is 0.444 e. The summed E-state index contributed by atoms with van der Waals surface area (Å²) in [5.41, 5.74) is -5.16. The van der Waals surface area contributed by atoms with Crippen molar-refractivity contribution in [2.45, 2.75) is 128 Å². The second-order valence-electron chi connectivity index (χ2n) is 13.8. The zero-order valence-corrected chi connectivity index (χ0v) is 26.5. The topological polar surface area (TPSA) is 160 Å². The summed E-state index contributed by atoms with van der Waals surface area (Å²) in [6, 6.07) is -2.05. The molecule has 16 heteroatoms. The first-order valence-corrected chi connectivity index (χ1v) is 15.8. The number of likely N-dealkylation sites (tertiary alicyclic amines) is 1. The van der Waals surface area contributed by atoms with E-state index in [4.69, 9.17) is 8.92 Å². The summed E-state index contributed by atoms with van der Waals surface area (Å²) in [7, 11) is -4.92. The predicted octanol–water partition coefficient (Wildman–Crippen LogP) is 3.06. The minimum absolute atomic E-state index is 0.0930. The van der Waals surface area contributed by atoms with Gasteiger partial charge in [-0.05, 0) is 64.2 Å². The van der Waals surface area contributed by atoms with Gasteiger partial charge in [-0.15, -0.1) is 0 Å². The maximum atomic E-state index is 13.7. The SMILES string of the molecule is CCC1C[C@]1(NC(=O)C1CCCN1C(=O)[C@@H](NC(=O)OC(C)(C)C)C(C)(C)C)C(=O)NS(=O)(=O)OC1(CC(F)(F)F)CC1. The molecule has 0 radical (unpaired) electrons. The van der Waals surface area contributed by atoms with Gasteiger partial charge in [-0.2, -0.15) is 21.6 Å². The van der Waals surface area contributed by atoms with E-state index in [1.165, 1.54) is 4.90 Å². The first-order valence-electron chi connectivity index (χ1n) is 14.4. The van der Waals surface area contributed by atoms with Gasteiger partial charge in [0.25, 0.3) is 5.91 Å². The Bertz CT molecular complexity index is 1220. The van der Waals surface area contributed by atoms with E-state index in [-0.39, 0.29) is 32.2 Å². The van der Waals surface area contributed by atoms with Gasteiger partial charge < -0.3 is 20.3 Å². The van der Waals surface area contributed by atoms with Crippen molar-refractivity contribution in [1.29, 1.82) is 0 Å².